The Morgan fingerprint density at radius 1 is 1.10 bits per heavy atom. The third kappa shape index (κ3) is 7.23. The molecule has 0 aliphatic carbocycles. The van der Waals surface area contributed by atoms with Gasteiger partial charge in [-0.2, -0.15) is 5.10 Å². The Morgan fingerprint density at radius 3 is 2.63 bits per heavy atom. The molecule has 2 aromatic rings. The van der Waals surface area contributed by atoms with Crippen molar-refractivity contribution in [2.75, 3.05) is 18.5 Å². The summed E-state index contributed by atoms with van der Waals surface area (Å²) in [4.78, 5) is 35.0. The highest BCUT2D eigenvalue weighted by atomic mass is 35.5. The Kier molecular flexibility index (Phi) is 8.86. The van der Waals surface area contributed by atoms with Gasteiger partial charge in [-0.25, -0.2) is 5.43 Å². The molecule has 0 saturated heterocycles. The van der Waals surface area contributed by atoms with E-state index in [1.807, 2.05) is 0 Å². The first-order valence-corrected chi connectivity index (χ1v) is 9.35. The average Bonchev–Trinajstić information content (AvgIpc) is 2.74. The summed E-state index contributed by atoms with van der Waals surface area (Å²) < 4.78 is 5.45. The quantitative estimate of drug-likeness (QED) is 0.249. The van der Waals surface area contributed by atoms with Crippen LogP contribution in [0.1, 0.15) is 5.56 Å². The normalized spacial score (nSPS) is 10.3. The van der Waals surface area contributed by atoms with Gasteiger partial charge in [0.05, 0.1) is 21.9 Å². The molecule has 10 heteroatoms. The van der Waals surface area contributed by atoms with E-state index in [4.69, 9.17) is 27.9 Å². The maximum Gasteiger partial charge on any atom is 0.329 e. The molecule has 0 aliphatic heterocycles. The van der Waals surface area contributed by atoms with Gasteiger partial charge in [-0.1, -0.05) is 47.5 Å². The van der Waals surface area contributed by atoms with E-state index < -0.39 is 17.7 Å². The van der Waals surface area contributed by atoms with Crippen molar-refractivity contribution < 1.29 is 19.1 Å². The van der Waals surface area contributed by atoms with Gasteiger partial charge in [-0.05, 0) is 29.8 Å². The van der Waals surface area contributed by atoms with Crippen LogP contribution in [0.5, 0.6) is 5.75 Å². The number of carbonyl (C=O) groups is 3. The molecule has 3 amide bonds. The summed E-state index contributed by atoms with van der Waals surface area (Å²) in [6, 6.07) is 11.5. The molecular weight excluding hydrogens is 431 g/mol. The molecule has 156 valence electrons. The van der Waals surface area contributed by atoms with Crippen LogP contribution < -0.4 is 20.8 Å². The number of ether oxygens (including phenoxy) is 1. The number of hydrogen-bond acceptors (Lipinski definition) is 5. The number of benzene rings is 2. The van der Waals surface area contributed by atoms with Gasteiger partial charge >= 0.3 is 11.8 Å². The first kappa shape index (κ1) is 22.9. The van der Waals surface area contributed by atoms with Crippen molar-refractivity contribution in [2.45, 2.75) is 0 Å². The molecule has 0 unspecified atom stereocenters. The standard InChI is InChI=1S/C20H18Cl2N4O4/c1-2-9-23-19(28)20(29)26-24-11-13-5-3-6-14(10-13)30-12-17(27)25-16-8-4-7-15(21)18(16)22/h2-8,10-11H,1,9,12H2,(H,23,28)(H,25,27)(H,26,29)/b24-11-. The number of nitrogens with zero attached hydrogens (tertiary/aromatic N) is 1. The van der Waals surface area contributed by atoms with Crippen LogP contribution in [0, 0.1) is 0 Å². The predicted molar refractivity (Wildman–Crippen MR) is 116 cm³/mol. The predicted octanol–water partition coefficient (Wildman–Crippen LogP) is 2.76. The molecular formula is C20H18Cl2N4O4. The molecule has 8 nitrogen and oxygen atoms in total. The fourth-order valence-electron chi connectivity index (χ4n) is 2.08. The van der Waals surface area contributed by atoms with Gasteiger partial charge in [0.25, 0.3) is 5.91 Å². The van der Waals surface area contributed by atoms with E-state index in [1.165, 1.54) is 12.3 Å². The summed E-state index contributed by atoms with van der Waals surface area (Å²) >= 11 is 11.9. The van der Waals surface area contributed by atoms with Crippen LogP contribution in [-0.4, -0.2) is 37.1 Å². The molecule has 0 saturated carbocycles. The fourth-order valence-corrected chi connectivity index (χ4v) is 2.43. The van der Waals surface area contributed by atoms with E-state index in [1.54, 1.807) is 42.5 Å². The molecule has 0 fully saturated rings. The third-order valence-electron chi connectivity index (χ3n) is 3.45. The van der Waals surface area contributed by atoms with Gasteiger partial charge < -0.3 is 15.4 Å². The maximum atomic E-state index is 12.1. The Morgan fingerprint density at radius 2 is 1.87 bits per heavy atom. The Bertz CT molecular complexity index is 979. The smallest absolute Gasteiger partial charge is 0.329 e. The van der Waals surface area contributed by atoms with Crippen LogP contribution in [0.2, 0.25) is 10.0 Å². The zero-order chi connectivity index (χ0) is 21.9. The lowest BCUT2D eigenvalue weighted by Crippen LogP contribution is -2.37. The molecule has 2 aromatic carbocycles. The van der Waals surface area contributed by atoms with Crippen molar-refractivity contribution in [3.05, 3.63) is 70.7 Å². The van der Waals surface area contributed by atoms with Gasteiger partial charge in [-0.3, -0.25) is 14.4 Å². The largest absolute Gasteiger partial charge is 0.484 e. The minimum atomic E-state index is -0.906. The number of carbonyl (C=O) groups excluding carboxylic acids is 3. The van der Waals surface area contributed by atoms with Crippen LogP contribution in [0.25, 0.3) is 0 Å². The Hall–Kier alpha value is -3.36. The second-order valence-corrected chi connectivity index (χ2v) is 6.49. The highest BCUT2D eigenvalue weighted by Gasteiger charge is 2.11. The number of amides is 3. The summed E-state index contributed by atoms with van der Waals surface area (Å²) in [6.45, 7) is 3.34. The van der Waals surface area contributed by atoms with Gasteiger partial charge in [0.1, 0.15) is 5.75 Å². The average molecular weight is 449 g/mol. The van der Waals surface area contributed by atoms with E-state index in [9.17, 15) is 14.4 Å². The molecule has 30 heavy (non-hydrogen) atoms. The van der Waals surface area contributed by atoms with Crippen LogP contribution in [-0.2, 0) is 14.4 Å². The van der Waals surface area contributed by atoms with E-state index >= 15 is 0 Å². The van der Waals surface area contributed by atoms with Crippen molar-refractivity contribution in [3.63, 3.8) is 0 Å². The number of rotatable bonds is 8. The molecule has 0 aromatic heterocycles. The highest BCUT2D eigenvalue weighted by molar-refractivity contribution is 6.44. The molecule has 0 bridgehead atoms. The summed E-state index contributed by atoms with van der Waals surface area (Å²) in [7, 11) is 0. The maximum absolute atomic E-state index is 12.1. The van der Waals surface area contributed by atoms with E-state index in [0.717, 1.165) is 0 Å². The molecule has 0 spiro atoms. The topological polar surface area (TPSA) is 109 Å². The van der Waals surface area contributed by atoms with Crippen LogP contribution in [0.4, 0.5) is 5.69 Å². The van der Waals surface area contributed by atoms with Crippen molar-refractivity contribution in [2.24, 2.45) is 5.10 Å². The third-order valence-corrected chi connectivity index (χ3v) is 4.27. The van der Waals surface area contributed by atoms with Gasteiger partial charge in [0, 0.05) is 6.54 Å². The summed E-state index contributed by atoms with van der Waals surface area (Å²) in [5.74, 6) is -1.75. The second kappa shape index (κ2) is 11.6. The van der Waals surface area contributed by atoms with Crippen LogP contribution >= 0.6 is 23.2 Å². The number of nitrogens with one attached hydrogen (secondary N) is 3. The first-order valence-electron chi connectivity index (χ1n) is 8.59. The minimum absolute atomic E-state index is 0.173. The molecule has 0 radical (unpaired) electrons. The second-order valence-electron chi connectivity index (χ2n) is 5.71. The summed E-state index contributed by atoms with van der Waals surface area (Å²) in [6.07, 6.45) is 2.78. The first-order chi connectivity index (χ1) is 14.4. The number of hydrazone groups is 1. The monoisotopic (exact) mass is 448 g/mol. The van der Waals surface area contributed by atoms with E-state index in [-0.39, 0.29) is 18.2 Å². The SMILES string of the molecule is C=CCNC(=O)C(=O)N/N=C\c1cccc(OCC(=O)Nc2cccc(Cl)c2Cl)c1. The minimum Gasteiger partial charge on any atom is -0.484 e. The van der Waals surface area contributed by atoms with Gasteiger partial charge in [0.15, 0.2) is 6.61 Å². The zero-order valence-corrected chi connectivity index (χ0v) is 17.2. The van der Waals surface area contributed by atoms with Crippen molar-refractivity contribution in [3.8, 4) is 5.75 Å². The van der Waals surface area contributed by atoms with Crippen molar-refractivity contribution >= 4 is 52.8 Å². The summed E-state index contributed by atoms with van der Waals surface area (Å²) in [5, 5.41) is 9.21. The Labute approximate surface area is 182 Å². The number of anilines is 1. The van der Waals surface area contributed by atoms with Crippen LogP contribution in [0.3, 0.4) is 0 Å². The highest BCUT2D eigenvalue weighted by Crippen LogP contribution is 2.29. The fraction of sp³-hybridized carbons (Fsp3) is 0.100. The molecule has 0 aliphatic rings. The lowest BCUT2D eigenvalue weighted by Gasteiger charge is -2.09. The Balaban J connectivity index is 1.87. The summed E-state index contributed by atoms with van der Waals surface area (Å²) in [5.41, 5.74) is 3.06. The molecule has 2 rings (SSSR count). The zero-order valence-electron chi connectivity index (χ0n) is 15.7. The van der Waals surface area contributed by atoms with Gasteiger partial charge in [0.2, 0.25) is 0 Å². The molecule has 3 N–H and O–H groups in total. The molecule has 0 atom stereocenters. The lowest BCUT2D eigenvalue weighted by molar-refractivity contribution is -0.139. The van der Waals surface area contributed by atoms with Crippen molar-refractivity contribution in [1.29, 1.82) is 0 Å². The van der Waals surface area contributed by atoms with Gasteiger partial charge in [-0.15, -0.1) is 6.58 Å². The number of hydrogen-bond donors (Lipinski definition) is 3. The lowest BCUT2D eigenvalue weighted by atomic mass is 10.2. The van der Waals surface area contributed by atoms with Crippen molar-refractivity contribution in [1.82, 2.24) is 10.7 Å². The molecule has 0 heterocycles. The van der Waals surface area contributed by atoms with E-state index in [2.05, 4.69) is 27.7 Å². The number of halogens is 2. The van der Waals surface area contributed by atoms with E-state index in [0.29, 0.717) is 22.0 Å². The van der Waals surface area contributed by atoms with Crippen LogP contribution in [0.15, 0.2) is 60.2 Å².